The predicted octanol–water partition coefficient (Wildman–Crippen LogP) is 2.19. The van der Waals surface area contributed by atoms with Gasteiger partial charge in [0.1, 0.15) is 0 Å². The molecule has 0 aliphatic carbocycles. The van der Waals surface area contributed by atoms with Gasteiger partial charge in [0.15, 0.2) is 0 Å². The van der Waals surface area contributed by atoms with Crippen molar-refractivity contribution in [3.63, 3.8) is 0 Å². The van der Waals surface area contributed by atoms with Crippen LogP contribution in [0.3, 0.4) is 0 Å². The summed E-state index contributed by atoms with van der Waals surface area (Å²) < 4.78 is 0. The standard InChI is InChI=1S/C18H28N2O3/c1-5-15(14-9-7-6-8-10-14)16(13(2)18(22)23)17(21)19-11-12-20(3)4/h6-10,13,15-16H,5,11-12H2,1-4H3,(H,19,21)(H,22,23). The van der Waals surface area contributed by atoms with Gasteiger partial charge in [-0.15, -0.1) is 0 Å². The first kappa shape index (κ1) is 19.2. The largest absolute Gasteiger partial charge is 0.481 e. The Morgan fingerprint density at radius 1 is 1.22 bits per heavy atom. The van der Waals surface area contributed by atoms with Gasteiger partial charge < -0.3 is 15.3 Å². The Morgan fingerprint density at radius 3 is 2.30 bits per heavy atom. The first-order valence-corrected chi connectivity index (χ1v) is 8.08. The van der Waals surface area contributed by atoms with Crippen LogP contribution in [0.2, 0.25) is 0 Å². The lowest BCUT2D eigenvalue weighted by atomic mass is 9.76. The number of carbonyl (C=O) groups excluding carboxylic acids is 1. The molecule has 0 spiro atoms. The first-order chi connectivity index (χ1) is 10.9. The van der Waals surface area contributed by atoms with Gasteiger partial charge in [-0.2, -0.15) is 0 Å². The molecule has 0 aliphatic heterocycles. The van der Waals surface area contributed by atoms with Gasteiger partial charge in [0.2, 0.25) is 5.91 Å². The maximum Gasteiger partial charge on any atom is 0.307 e. The molecule has 5 heteroatoms. The first-order valence-electron chi connectivity index (χ1n) is 8.08. The van der Waals surface area contributed by atoms with E-state index >= 15 is 0 Å². The number of likely N-dealkylation sites (N-methyl/N-ethyl adjacent to an activating group) is 1. The van der Waals surface area contributed by atoms with Crippen LogP contribution in [-0.2, 0) is 9.59 Å². The third-order valence-electron chi connectivity index (χ3n) is 4.19. The molecule has 3 unspecified atom stereocenters. The van der Waals surface area contributed by atoms with E-state index in [-0.39, 0.29) is 11.8 Å². The monoisotopic (exact) mass is 320 g/mol. The molecule has 0 saturated carbocycles. The van der Waals surface area contributed by atoms with Crippen molar-refractivity contribution in [2.45, 2.75) is 26.2 Å². The van der Waals surface area contributed by atoms with E-state index in [1.165, 1.54) is 0 Å². The van der Waals surface area contributed by atoms with E-state index in [1.807, 2.05) is 56.3 Å². The molecule has 3 atom stereocenters. The quantitative estimate of drug-likeness (QED) is 0.732. The highest BCUT2D eigenvalue weighted by Gasteiger charge is 2.36. The zero-order chi connectivity index (χ0) is 17.4. The Morgan fingerprint density at radius 2 is 1.83 bits per heavy atom. The molecule has 0 saturated heterocycles. The summed E-state index contributed by atoms with van der Waals surface area (Å²) in [6, 6.07) is 9.68. The van der Waals surface area contributed by atoms with Crippen molar-refractivity contribution < 1.29 is 14.7 Å². The van der Waals surface area contributed by atoms with Crippen molar-refractivity contribution in [1.29, 1.82) is 0 Å². The van der Waals surface area contributed by atoms with Gasteiger partial charge in [0, 0.05) is 13.1 Å². The third kappa shape index (κ3) is 5.67. The molecule has 2 N–H and O–H groups in total. The Kier molecular flexibility index (Phi) is 7.75. The van der Waals surface area contributed by atoms with Gasteiger partial charge in [-0.25, -0.2) is 0 Å². The lowest BCUT2D eigenvalue weighted by Crippen LogP contribution is -2.42. The van der Waals surface area contributed by atoms with Gasteiger partial charge in [-0.3, -0.25) is 9.59 Å². The van der Waals surface area contributed by atoms with E-state index < -0.39 is 17.8 Å². The number of nitrogens with one attached hydrogen (secondary N) is 1. The molecule has 1 rings (SSSR count). The maximum absolute atomic E-state index is 12.7. The number of rotatable bonds is 9. The zero-order valence-electron chi connectivity index (χ0n) is 14.5. The molecule has 0 bridgehead atoms. The molecule has 1 amide bonds. The Labute approximate surface area is 138 Å². The number of aliphatic carboxylic acids is 1. The van der Waals surface area contributed by atoms with Gasteiger partial charge in [0.05, 0.1) is 11.8 Å². The van der Waals surface area contributed by atoms with Crippen LogP contribution in [0.15, 0.2) is 30.3 Å². The fourth-order valence-corrected chi connectivity index (χ4v) is 2.83. The third-order valence-corrected chi connectivity index (χ3v) is 4.19. The number of amides is 1. The number of carboxylic acids is 1. The molecule has 23 heavy (non-hydrogen) atoms. The van der Waals surface area contributed by atoms with E-state index in [1.54, 1.807) is 6.92 Å². The van der Waals surface area contributed by atoms with Crippen molar-refractivity contribution in [3.05, 3.63) is 35.9 Å². The van der Waals surface area contributed by atoms with Crippen molar-refractivity contribution >= 4 is 11.9 Å². The number of hydrogen-bond donors (Lipinski definition) is 2. The van der Waals surface area contributed by atoms with Crippen LogP contribution in [-0.4, -0.2) is 49.1 Å². The van der Waals surface area contributed by atoms with E-state index in [0.717, 1.165) is 12.1 Å². The molecule has 5 nitrogen and oxygen atoms in total. The number of carboxylic acid groups (broad SMARTS) is 1. The molecule has 0 radical (unpaired) electrons. The van der Waals surface area contributed by atoms with Gasteiger partial charge in [-0.1, -0.05) is 44.2 Å². The average molecular weight is 320 g/mol. The summed E-state index contributed by atoms with van der Waals surface area (Å²) in [5, 5.41) is 12.3. The second kappa shape index (κ2) is 9.30. The van der Waals surface area contributed by atoms with Gasteiger partial charge in [0.25, 0.3) is 0 Å². The SMILES string of the molecule is CCC(c1ccccc1)C(C(=O)NCCN(C)C)C(C)C(=O)O. The molecule has 1 aromatic carbocycles. The van der Waals surface area contributed by atoms with Crippen LogP contribution in [0.25, 0.3) is 0 Å². The summed E-state index contributed by atoms with van der Waals surface area (Å²) in [5.74, 6) is -2.55. The summed E-state index contributed by atoms with van der Waals surface area (Å²) in [7, 11) is 3.87. The maximum atomic E-state index is 12.7. The molecule has 0 heterocycles. The second-order valence-corrected chi connectivity index (χ2v) is 6.17. The van der Waals surface area contributed by atoms with Crippen molar-refractivity contribution in [2.75, 3.05) is 27.2 Å². The van der Waals surface area contributed by atoms with Crippen molar-refractivity contribution in [3.8, 4) is 0 Å². The van der Waals surface area contributed by atoms with E-state index in [4.69, 9.17) is 0 Å². The fourth-order valence-electron chi connectivity index (χ4n) is 2.83. The second-order valence-electron chi connectivity index (χ2n) is 6.17. The van der Waals surface area contributed by atoms with Crippen LogP contribution < -0.4 is 5.32 Å². The highest BCUT2D eigenvalue weighted by Crippen LogP contribution is 2.33. The van der Waals surface area contributed by atoms with Crippen LogP contribution in [0.1, 0.15) is 31.7 Å². The highest BCUT2D eigenvalue weighted by atomic mass is 16.4. The van der Waals surface area contributed by atoms with Crippen LogP contribution in [0.4, 0.5) is 0 Å². The summed E-state index contributed by atoms with van der Waals surface area (Å²) in [6.07, 6.45) is 0.716. The minimum absolute atomic E-state index is 0.110. The summed E-state index contributed by atoms with van der Waals surface area (Å²) in [5.41, 5.74) is 1.01. The number of nitrogens with zero attached hydrogens (tertiary/aromatic N) is 1. The normalized spacial score (nSPS) is 15.0. The molecule has 0 aliphatic rings. The molecule has 0 aromatic heterocycles. The Hall–Kier alpha value is -1.88. The van der Waals surface area contributed by atoms with E-state index in [0.29, 0.717) is 13.0 Å². The summed E-state index contributed by atoms with van der Waals surface area (Å²) >= 11 is 0. The van der Waals surface area contributed by atoms with Gasteiger partial charge in [-0.05, 0) is 32.0 Å². The van der Waals surface area contributed by atoms with Crippen LogP contribution in [0, 0.1) is 11.8 Å². The van der Waals surface area contributed by atoms with Crippen LogP contribution >= 0.6 is 0 Å². The van der Waals surface area contributed by atoms with E-state index in [2.05, 4.69) is 5.32 Å². The predicted molar refractivity (Wildman–Crippen MR) is 91.3 cm³/mol. The molecule has 1 aromatic rings. The number of benzene rings is 1. The summed E-state index contributed by atoms with van der Waals surface area (Å²) in [6.45, 7) is 4.85. The topological polar surface area (TPSA) is 69.6 Å². The number of hydrogen-bond acceptors (Lipinski definition) is 3. The highest BCUT2D eigenvalue weighted by molar-refractivity contribution is 5.85. The van der Waals surface area contributed by atoms with Crippen LogP contribution in [0.5, 0.6) is 0 Å². The number of carbonyl (C=O) groups is 2. The average Bonchev–Trinajstić information content (AvgIpc) is 2.52. The van der Waals surface area contributed by atoms with Gasteiger partial charge >= 0.3 is 5.97 Å². The smallest absolute Gasteiger partial charge is 0.307 e. The summed E-state index contributed by atoms with van der Waals surface area (Å²) in [4.78, 5) is 26.1. The molecular formula is C18H28N2O3. The zero-order valence-corrected chi connectivity index (χ0v) is 14.5. The minimum atomic E-state index is -0.938. The molecular weight excluding hydrogens is 292 g/mol. The Bertz CT molecular complexity index is 502. The molecule has 0 fully saturated rings. The van der Waals surface area contributed by atoms with Crippen molar-refractivity contribution in [2.24, 2.45) is 11.8 Å². The minimum Gasteiger partial charge on any atom is -0.481 e. The fraction of sp³-hybridized carbons (Fsp3) is 0.556. The lowest BCUT2D eigenvalue weighted by Gasteiger charge is -2.29. The Balaban J connectivity index is 2.99. The lowest BCUT2D eigenvalue weighted by molar-refractivity contribution is -0.147. The van der Waals surface area contributed by atoms with Crippen molar-refractivity contribution in [1.82, 2.24) is 10.2 Å². The molecule has 128 valence electrons. The van der Waals surface area contributed by atoms with E-state index in [9.17, 15) is 14.7 Å².